The van der Waals surface area contributed by atoms with Crippen molar-refractivity contribution in [2.45, 2.75) is 17.7 Å². The van der Waals surface area contributed by atoms with Gasteiger partial charge in [-0.25, -0.2) is 13.4 Å². The molecule has 0 amide bonds. The van der Waals surface area contributed by atoms with Crippen LogP contribution in [0.3, 0.4) is 0 Å². The molecule has 19 heavy (non-hydrogen) atoms. The maximum absolute atomic E-state index is 12.5. The summed E-state index contributed by atoms with van der Waals surface area (Å²) in [5.41, 5.74) is 0.532. The summed E-state index contributed by atoms with van der Waals surface area (Å²) < 4.78 is 26.4. The lowest BCUT2D eigenvalue weighted by molar-refractivity contribution is 0.335. The van der Waals surface area contributed by atoms with E-state index in [0.717, 1.165) is 25.9 Å². The van der Waals surface area contributed by atoms with Gasteiger partial charge in [-0.15, -0.1) is 0 Å². The number of nitrogens with one attached hydrogen (secondary N) is 1. The molecule has 0 atom stereocenters. The number of sulfonamides is 1. The van der Waals surface area contributed by atoms with Gasteiger partial charge in [-0.1, -0.05) is 12.1 Å². The summed E-state index contributed by atoms with van der Waals surface area (Å²) >= 11 is 0. The normalized spacial score (nSPS) is 22.2. The van der Waals surface area contributed by atoms with Crippen molar-refractivity contribution in [1.29, 1.82) is 0 Å². The summed E-state index contributed by atoms with van der Waals surface area (Å²) in [7, 11) is -3.42. The third-order valence-electron chi connectivity index (χ3n) is 3.67. The molecule has 1 saturated heterocycles. The third kappa shape index (κ3) is 2.37. The molecule has 1 N–H and O–H groups in total. The molecular formula is C13H17N3O2S. The van der Waals surface area contributed by atoms with Crippen LogP contribution < -0.4 is 5.32 Å². The summed E-state index contributed by atoms with van der Waals surface area (Å²) in [6.45, 7) is 2.46. The van der Waals surface area contributed by atoms with Gasteiger partial charge in [0.25, 0.3) is 10.0 Å². The standard InChI is InChI=1S/C13H17N3O2S/c17-19(18)13-4-2-1-3-12(13)15-10-16(19)9-11-5-7-14-8-6-11/h1-4,10-11,14H,5-9H2. The lowest BCUT2D eigenvalue weighted by atomic mass is 9.98. The molecule has 0 bridgehead atoms. The molecule has 102 valence electrons. The predicted molar refractivity (Wildman–Crippen MR) is 74.1 cm³/mol. The Morgan fingerprint density at radius 2 is 2.00 bits per heavy atom. The van der Waals surface area contributed by atoms with E-state index in [9.17, 15) is 8.42 Å². The third-order valence-corrected chi connectivity index (χ3v) is 5.44. The predicted octanol–water partition coefficient (Wildman–Crippen LogP) is 1.35. The molecule has 1 aromatic carbocycles. The molecule has 6 heteroatoms. The van der Waals surface area contributed by atoms with Gasteiger partial charge in [0, 0.05) is 6.54 Å². The number of benzene rings is 1. The van der Waals surface area contributed by atoms with Gasteiger partial charge in [-0.2, -0.15) is 0 Å². The number of nitrogens with zero attached hydrogens (tertiary/aromatic N) is 2. The molecule has 5 nitrogen and oxygen atoms in total. The summed E-state index contributed by atoms with van der Waals surface area (Å²) in [5.74, 6) is 0.410. The Morgan fingerprint density at radius 1 is 1.26 bits per heavy atom. The van der Waals surface area contributed by atoms with Crippen molar-refractivity contribution in [3.8, 4) is 0 Å². The highest BCUT2D eigenvalue weighted by molar-refractivity contribution is 7.89. The lowest BCUT2D eigenvalue weighted by Gasteiger charge is -2.30. The highest BCUT2D eigenvalue weighted by atomic mass is 32.2. The summed E-state index contributed by atoms with van der Waals surface area (Å²) in [6, 6.07) is 6.88. The van der Waals surface area contributed by atoms with Crippen LogP contribution in [0.2, 0.25) is 0 Å². The van der Waals surface area contributed by atoms with Crippen molar-refractivity contribution in [3.05, 3.63) is 24.3 Å². The van der Waals surface area contributed by atoms with E-state index in [0.29, 0.717) is 23.0 Å². The van der Waals surface area contributed by atoms with Gasteiger partial charge in [0.15, 0.2) is 0 Å². The minimum absolute atomic E-state index is 0.312. The van der Waals surface area contributed by atoms with Gasteiger partial charge in [0.1, 0.15) is 11.2 Å². The van der Waals surface area contributed by atoms with Gasteiger partial charge in [0.05, 0.1) is 5.69 Å². The van der Waals surface area contributed by atoms with E-state index in [1.54, 1.807) is 24.3 Å². The molecule has 0 aromatic heterocycles. The number of hydrogen-bond donors (Lipinski definition) is 1. The number of rotatable bonds is 2. The van der Waals surface area contributed by atoms with E-state index in [1.165, 1.54) is 10.6 Å². The molecule has 2 aliphatic heterocycles. The first-order chi connectivity index (χ1) is 9.18. The number of hydrogen-bond acceptors (Lipinski definition) is 4. The molecule has 3 rings (SSSR count). The fraction of sp³-hybridized carbons (Fsp3) is 0.462. The quantitative estimate of drug-likeness (QED) is 0.889. The van der Waals surface area contributed by atoms with Crippen LogP contribution in [0.25, 0.3) is 0 Å². The molecular weight excluding hydrogens is 262 g/mol. The average molecular weight is 279 g/mol. The van der Waals surface area contributed by atoms with E-state index in [2.05, 4.69) is 10.3 Å². The van der Waals surface area contributed by atoms with Crippen LogP contribution in [0.5, 0.6) is 0 Å². The SMILES string of the molecule is O=S1(=O)c2ccccc2N=CN1CC1CCNCC1. The highest BCUT2D eigenvalue weighted by Crippen LogP contribution is 2.30. The summed E-state index contributed by atoms with van der Waals surface area (Å²) in [4.78, 5) is 4.55. The van der Waals surface area contributed by atoms with Crippen LogP contribution in [0.4, 0.5) is 5.69 Å². The van der Waals surface area contributed by atoms with E-state index in [4.69, 9.17) is 0 Å². The van der Waals surface area contributed by atoms with Gasteiger partial charge in [-0.3, -0.25) is 4.31 Å². The van der Waals surface area contributed by atoms with Crippen LogP contribution in [0.1, 0.15) is 12.8 Å². The van der Waals surface area contributed by atoms with Gasteiger partial charge in [-0.05, 0) is 44.0 Å². The lowest BCUT2D eigenvalue weighted by Crippen LogP contribution is -2.39. The van der Waals surface area contributed by atoms with Crippen LogP contribution in [-0.2, 0) is 10.0 Å². The Labute approximate surface area is 113 Å². The zero-order valence-electron chi connectivity index (χ0n) is 10.6. The second-order valence-electron chi connectivity index (χ2n) is 4.98. The maximum Gasteiger partial charge on any atom is 0.267 e. The van der Waals surface area contributed by atoms with Gasteiger partial charge in [0.2, 0.25) is 0 Å². The highest BCUT2D eigenvalue weighted by Gasteiger charge is 2.30. The topological polar surface area (TPSA) is 61.8 Å². The molecule has 1 fully saturated rings. The van der Waals surface area contributed by atoms with Crippen LogP contribution in [0.15, 0.2) is 34.2 Å². The minimum atomic E-state index is -3.42. The molecule has 0 aliphatic carbocycles. The van der Waals surface area contributed by atoms with E-state index < -0.39 is 10.0 Å². The van der Waals surface area contributed by atoms with Crippen molar-refractivity contribution < 1.29 is 8.42 Å². The molecule has 0 spiro atoms. The van der Waals surface area contributed by atoms with Crippen LogP contribution >= 0.6 is 0 Å². The zero-order chi connectivity index (χ0) is 13.3. The second kappa shape index (κ2) is 4.94. The van der Waals surface area contributed by atoms with E-state index >= 15 is 0 Å². The van der Waals surface area contributed by atoms with Crippen molar-refractivity contribution in [3.63, 3.8) is 0 Å². The first-order valence-corrected chi connectivity index (χ1v) is 7.98. The van der Waals surface area contributed by atoms with E-state index in [-0.39, 0.29) is 0 Å². The average Bonchev–Trinajstić information content (AvgIpc) is 2.44. The molecule has 1 aromatic rings. The second-order valence-corrected chi connectivity index (χ2v) is 6.84. The van der Waals surface area contributed by atoms with Crippen LogP contribution in [0, 0.1) is 5.92 Å². The first-order valence-electron chi connectivity index (χ1n) is 6.54. The van der Waals surface area contributed by atoms with Crippen molar-refractivity contribution in [2.75, 3.05) is 19.6 Å². The smallest absolute Gasteiger partial charge is 0.267 e. The number of fused-ring (bicyclic) bond motifs is 1. The zero-order valence-corrected chi connectivity index (χ0v) is 11.4. The monoisotopic (exact) mass is 279 g/mol. The van der Waals surface area contributed by atoms with Crippen molar-refractivity contribution in [1.82, 2.24) is 9.62 Å². The Kier molecular flexibility index (Phi) is 3.28. The molecule has 0 saturated carbocycles. The minimum Gasteiger partial charge on any atom is -0.317 e. The number of piperidine rings is 1. The van der Waals surface area contributed by atoms with Gasteiger partial charge < -0.3 is 5.32 Å². The van der Waals surface area contributed by atoms with Crippen molar-refractivity contribution in [2.24, 2.45) is 10.9 Å². The van der Waals surface area contributed by atoms with Crippen LogP contribution in [-0.4, -0.2) is 38.7 Å². The Hall–Kier alpha value is -1.40. The molecule has 2 heterocycles. The first kappa shape index (κ1) is 12.6. The van der Waals surface area contributed by atoms with E-state index in [1.807, 2.05) is 0 Å². The Morgan fingerprint density at radius 3 is 2.79 bits per heavy atom. The molecule has 2 aliphatic rings. The van der Waals surface area contributed by atoms with Crippen molar-refractivity contribution >= 4 is 22.0 Å². The largest absolute Gasteiger partial charge is 0.317 e. The Balaban J connectivity index is 1.85. The fourth-order valence-electron chi connectivity index (χ4n) is 2.56. The number of para-hydroxylation sites is 1. The number of aliphatic imine (C=N–C) groups is 1. The maximum atomic E-state index is 12.5. The molecule has 0 radical (unpaired) electrons. The van der Waals surface area contributed by atoms with Gasteiger partial charge >= 0.3 is 0 Å². The summed E-state index contributed by atoms with van der Waals surface area (Å²) in [5, 5.41) is 3.29. The molecule has 0 unspecified atom stereocenters. The Bertz CT molecular complexity index is 592. The summed E-state index contributed by atoms with van der Waals surface area (Å²) in [6.07, 6.45) is 3.49. The fourth-order valence-corrected chi connectivity index (χ4v) is 4.03.